The van der Waals surface area contributed by atoms with Gasteiger partial charge in [-0.2, -0.15) is 0 Å². The molecule has 1 heterocycles. The van der Waals surface area contributed by atoms with Crippen molar-refractivity contribution in [1.82, 2.24) is 0 Å². The van der Waals surface area contributed by atoms with Gasteiger partial charge in [0.1, 0.15) is 5.75 Å². The van der Waals surface area contributed by atoms with Crippen molar-refractivity contribution in [2.75, 3.05) is 7.11 Å². The number of hydrogen-bond donors (Lipinski definition) is 1. The first-order valence-electron chi connectivity index (χ1n) is 5.62. The Morgan fingerprint density at radius 1 is 1.35 bits per heavy atom. The number of rotatable bonds is 4. The maximum Gasteiger partial charge on any atom is 0.122 e. The fourth-order valence-electron chi connectivity index (χ4n) is 1.91. The number of aryl methyl sites for hydroxylation is 1. The van der Waals surface area contributed by atoms with Crippen molar-refractivity contribution in [3.05, 3.63) is 53.5 Å². The Morgan fingerprint density at radius 2 is 2.18 bits per heavy atom. The number of benzene rings is 1. The van der Waals surface area contributed by atoms with E-state index < -0.39 is 0 Å². The summed E-state index contributed by atoms with van der Waals surface area (Å²) in [7, 11) is 1.68. The molecule has 2 N–H and O–H groups in total. The van der Waals surface area contributed by atoms with Gasteiger partial charge < -0.3 is 14.9 Å². The lowest BCUT2D eigenvalue weighted by Crippen LogP contribution is -2.13. The first-order chi connectivity index (χ1) is 8.20. The van der Waals surface area contributed by atoms with Crippen LogP contribution < -0.4 is 10.5 Å². The summed E-state index contributed by atoms with van der Waals surface area (Å²) in [4.78, 5) is 0. The van der Waals surface area contributed by atoms with Crippen LogP contribution in [0.3, 0.4) is 0 Å². The average Bonchev–Trinajstić information content (AvgIpc) is 2.83. The molecule has 0 fully saturated rings. The minimum absolute atomic E-state index is 0.0653. The highest BCUT2D eigenvalue weighted by molar-refractivity contribution is 5.38. The molecule has 0 spiro atoms. The lowest BCUT2D eigenvalue weighted by atomic mass is 10.00. The van der Waals surface area contributed by atoms with Gasteiger partial charge in [-0.25, -0.2) is 0 Å². The summed E-state index contributed by atoms with van der Waals surface area (Å²) < 4.78 is 10.4. The maximum absolute atomic E-state index is 6.13. The molecule has 17 heavy (non-hydrogen) atoms. The standard InChI is InChI=1S/C14H17NO2/c1-10-3-4-14(16-2)12(7-10)8-13(15)11-5-6-17-9-11/h3-7,9,13H,8,15H2,1-2H3. The van der Waals surface area contributed by atoms with E-state index >= 15 is 0 Å². The molecule has 0 aliphatic rings. The molecule has 0 bridgehead atoms. The van der Waals surface area contributed by atoms with Crippen LogP contribution in [0.2, 0.25) is 0 Å². The molecule has 1 aromatic heterocycles. The smallest absolute Gasteiger partial charge is 0.122 e. The van der Waals surface area contributed by atoms with Crippen LogP contribution in [0.4, 0.5) is 0 Å². The van der Waals surface area contributed by atoms with E-state index in [0.717, 1.165) is 23.3 Å². The molecule has 0 saturated heterocycles. The molecule has 0 aliphatic heterocycles. The molecule has 2 aromatic rings. The van der Waals surface area contributed by atoms with E-state index in [4.69, 9.17) is 14.9 Å². The summed E-state index contributed by atoms with van der Waals surface area (Å²) in [6.07, 6.45) is 4.07. The third-order valence-electron chi connectivity index (χ3n) is 2.85. The maximum atomic E-state index is 6.13. The van der Waals surface area contributed by atoms with Gasteiger partial charge in [-0.15, -0.1) is 0 Å². The molecule has 1 atom stereocenters. The highest BCUT2D eigenvalue weighted by atomic mass is 16.5. The van der Waals surface area contributed by atoms with E-state index in [1.165, 1.54) is 5.56 Å². The third kappa shape index (κ3) is 2.68. The number of nitrogens with two attached hydrogens (primary N) is 1. The van der Waals surface area contributed by atoms with E-state index in [-0.39, 0.29) is 6.04 Å². The quantitative estimate of drug-likeness (QED) is 0.880. The summed E-state index contributed by atoms with van der Waals surface area (Å²) in [5.41, 5.74) is 9.47. The molecule has 3 nitrogen and oxygen atoms in total. The monoisotopic (exact) mass is 231 g/mol. The molecule has 0 amide bonds. The Hall–Kier alpha value is -1.74. The van der Waals surface area contributed by atoms with Crippen molar-refractivity contribution in [3.8, 4) is 5.75 Å². The molecule has 1 aromatic carbocycles. The fraction of sp³-hybridized carbons (Fsp3) is 0.286. The normalized spacial score (nSPS) is 12.4. The Labute approximate surface area is 101 Å². The van der Waals surface area contributed by atoms with Crippen LogP contribution in [0.25, 0.3) is 0 Å². The van der Waals surface area contributed by atoms with Gasteiger partial charge in [0.15, 0.2) is 0 Å². The SMILES string of the molecule is COc1ccc(C)cc1CC(N)c1ccoc1. The van der Waals surface area contributed by atoms with Crippen molar-refractivity contribution < 1.29 is 9.15 Å². The highest BCUT2D eigenvalue weighted by Crippen LogP contribution is 2.25. The Balaban J connectivity index is 2.20. The minimum Gasteiger partial charge on any atom is -0.496 e. The van der Waals surface area contributed by atoms with Crippen molar-refractivity contribution >= 4 is 0 Å². The zero-order chi connectivity index (χ0) is 12.3. The van der Waals surface area contributed by atoms with Gasteiger partial charge in [-0.05, 0) is 31.0 Å². The van der Waals surface area contributed by atoms with Crippen molar-refractivity contribution in [3.63, 3.8) is 0 Å². The van der Waals surface area contributed by atoms with E-state index in [2.05, 4.69) is 13.0 Å². The van der Waals surface area contributed by atoms with Crippen LogP contribution >= 0.6 is 0 Å². The Morgan fingerprint density at radius 3 is 2.82 bits per heavy atom. The number of hydrogen-bond acceptors (Lipinski definition) is 3. The predicted octanol–water partition coefficient (Wildman–Crippen LogP) is 2.84. The van der Waals surface area contributed by atoms with E-state index in [9.17, 15) is 0 Å². The van der Waals surface area contributed by atoms with Crippen molar-refractivity contribution in [2.45, 2.75) is 19.4 Å². The second-order valence-corrected chi connectivity index (χ2v) is 4.18. The van der Waals surface area contributed by atoms with Crippen LogP contribution in [0.1, 0.15) is 22.7 Å². The zero-order valence-corrected chi connectivity index (χ0v) is 10.1. The van der Waals surface area contributed by atoms with Crippen molar-refractivity contribution in [1.29, 1.82) is 0 Å². The van der Waals surface area contributed by atoms with Gasteiger partial charge >= 0.3 is 0 Å². The summed E-state index contributed by atoms with van der Waals surface area (Å²) in [6.45, 7) is 2.06. The van der Waals surface area contributed by atoms with Gasteiger partial charge in [0.2, 0.25) is 0 Å². The minimum atomic E-state index is -0.0653. The Kier molecular flexibility index (Phi) is 3.49. The number of furan rings is 1. The fourth-order valence-corrected chi connectivity index (χ4v) is 1.91. The van der Waals surface area contributed by atoms with E-state index in [1.54, 1.807) is 19.6 Å². The molecule has 0 aliphatic carbocycles. The van der Waals surface area contributed by atoms with Gasteiger partial charge in [-0.1, -0.05) is 17.7 Å². The summed E-state index contributed by atoms with van der Waals surface area (Å²) in [5.74, 6) is 0.884. The molecule has 2 rings (SSSR count). The van der Waals surface area contributed by atoms with Gasteiger partial charge in [-0.3, -0.25) is 0 Å². The molecule has 3 heteroatoms. The lowest BCUT2D eigenvalue weighted by Gasteiger charge is -2.13. The lowest BCUT2D eigenvalue weighted by molar-refractivity contribution is 0.408. The predicted molar refractivity (Wildman–Crippen MR) is 67.1 cm³/mol. The van der Waals surface area contributed by atoms with Crippen LogP contribution in [-0.4, -0.2) is 7.11 Å². The topological polar surface area (TPSA) is 48.4 Å². The van der Waals surface area contributed by atoms with E-state index in [1.807, 2.05) is 18.2 Å². The molecule has 90 valence electrons. The average molecular weight is 231 g/mol. The van der Waals surface area contributed by atoms with E-state index in [0.29, 0.717) is 0 Å². The highest BCUT2D eigenvalue weighted by Gasteiger charge is 2.11. The van der Waals surface area contributed by atoms with Gasteiger partial charge in [0, 0.05) is 11.6 Å². The molecule has 0 radical (unpaired) electrons. The first kappa shape index (κ1) is 11.7. The summed E-state index contributed by atoms with van der Waals surface area (Å²) in [5, 5.41) is 0. The molecule has 1 unspecified atom stereocenters. The summed E-state index contributed by atoms with van der Waals surface area (Å²) in [6, 6.07) is 7.95. The molecular weight excluding hydrogens is 214 g/mol. The van der Waals surface area contributed by atoms with Crippen LogP contribution in [0.15, 0.2) is 41.2 Å². The second kappa shape index (κ2) is 5.06. The van der Waals surface area contributed by atoms with Crippen LogP contribution in [0.5, 0.6) is 5.75 Å². The van der Waals surface area contributed by atoms with Gasteiger partial charge in [0.05, 0.1) is 19.6 Å². The Bertz CT molecular complexity index is 477. The first-order valence-corrected chi connectivity index (χ1v) is 5.62. The second-order valence-electron chi connectivity index (χ2n) is 4.18. The van der Waals surface area contributed by atoms with Crippen molar-refractivity contribution in [2.24, 2.45) is 5.73 Å². The molecule has 0 saturated carbocycles. The van der Waals surface area contributed by atoms with Crippen LogP contribution in [-0.2, 0) is 6.42 Å². The zero-order valence-electron chi connectivity index (χ0n) is 10.1. The number of ether oxygens (including phenoxy) is 1. The van der Waals surface area contributed by atoms with Gasteiger partial charge in [0.25, 0.3) is 0 Å². The molecular formula is C14H17NO2. The largest absolute Gasteiger partial charge is 0.496 e. The third-order valence-corrected chi connectivity index (χ3v) is 2.85. The van der Waals surface area contributed by atoms with Crippen LogP contribution in [0, 0.1) is 6.92 Å². The number of methoxy groups -OCH3 is 1. The summed E-state index contributed by atoms with van der Waals surface area (Å²) >= 11 is 0.